The zero-order valence-electron chi connectivity index (χ0n) is 12.9. The number of morpholine rings is 1. The number of rotatable bonds is 7. The predicted octanol–water partition coefficient (Wildman–Crippen LogP) is 1.74. The Morgan fingerprint density at radius 2 is 1.91 bits per heavy atom. The second-order valence-electron chi connectivity index (χ2n) is 5.56. The van der Waals surface area contributed by atoms with Gasteiger partial charge in [0.05, 0.1) is 25.7 Å². The highest BCUT2D eigenvalue weighted by Gasteiger charge is 2.28. The molecule has 6 nitrogen and oxygen atoms in total. The number of Topliss-reactive ketones (excluding diaryl/α,β-unsaturated/α-hetero) is 1. The van der Waals surface area contributed by atoms with E-state index in [-0.39, 0.29) is 31.1 Å². The van der Waals surface area contributed by atoms with Crippen LogP contribution in [-0.4, -0.2) is 53.5 Å². The molecule has 0 bridgehead atoms. The lowest BCUT2D eigenvalue weighted by Gasteiger charge is -2.35. The highest BCUT2D eigenvalue weighted by molar-refractivity contribution is 5.96. The van der Waals surface area contributed by atoms with Gasteiger partial charge in [-0.25, -0.2) is 0 Å². The normalized spacial score (nSPS) is 17.7. The molecular formula is C17H21NO5. The molecule has 1 saturated heterocycles. The Balaban J connectivity index is 1.81. The molecule has 0 spiro atoms. The summed E-state index contributed by atoms with van der Waals surface area (Å²) in [6.07, 6.45) is 0.900. The summed E-state index contributed by atoms with van der Waals surface area (Å²) in [4.78, 5) is 36.7. The van der Waals surface area contributed by atoms with Gasteiger partial charge in [-0.2, -0.15) is 0 Å². The Labute approximate surface area is 135 Å². The number of nitrogens with zero attached hydrogens (tertiary/aromatic N) is 1. The Kier molecular flexibility index (Phi) is 6.29. The summed E-state index contributed by atoms with van der Waals surface area (Å²) in [5.74, 6) is -1.04. The molecule has 1 aromatic rings. The number of ketones is 1. The van der Waals surface area contributed by atoms with Crippen molar-refractivity contribution in [1.82, 2.24) is 4.90 Å². The van der Waals surface area contributed by atoms with Crippen LogP contribution in [0.5, 0.6) is 0 Å². The number of benzene rings is 1. The minimum Gasteiger partial charge on any atom is -0.481 e. The van der Waals surface area contributed by atoms with Crippen LogP contribution in [-0.2, 0) is 14.3 Å². The first-order chi connectivity index (χ1) is 11.1. The van der Waals surface area contributed by atoms with E-state index in [9.17, 15) is 14.4 Å². The third kappa shape index (κ3) is 5.17. The van der Waals surface area contributed by atoms with E-state index >= 15 is 0 Å². The van der Waals surface area contributed by atoms with Crippen molar-refractivity contribution < 1.29 is 24.2 Å². The molecule has 1 heterocycles. The molecule has 2 rings (SSSR count). The van der Waals surface area contributed by atoms with Crippen LogP contribution in [0.3, 0.4) is 0 Å². The molecule has 0 radical (unpaired) electrons. The van der Waals surface area contributed by atoms with Gasteiger partial charge >= 0.3 is 5.97 Å². The molecule has 1 N–H and O–H groups in total. The molecule has 1 aliphatic rings. The quantitative estimate of drug-likeness (QED) is 0.774. The largest absolute Gasteiger partial charge is 0.481 e. The average molecular weight is 319 g/mol. The van der Waals surface area contributed by atoms with Crippen molar-refractivity contribution in [3.05, 3.63) is 35.9 Å². The first-order valence-corrected chi connectivity index (χ1v) is 7.75. The number of carboxylic acid groups (broad SMARTS) is 1. The molecule has 1 aliphatic heterocycles. The SMILES string of the molecule is O=C(O)CC1COCCN1C(=O)CCCC(=O)c1ccccc1. The lowest BCUT2D eigenvalue weighted by atomic mass is 10.0. The summed E-state index contributed by atoms with van der Waals surface area (Å²) >= 11 is 0. The first kappa shape index (κ1) is 17.1. The van der Waals surface area contributed by atoms with Crippen LogP contribution in [0.1, 0.15) is 36.0 Å². The summed E-state index contributed by atoms with van der Waals surface area (Å²) in [6.45, 7) is 1.08. The molecule has 0 aliphatic carbocycles. The molecule has 1 unspecified atom stereocenters. The van der Waals surface area contributed by atoms with Gasteiger partial charge in [0.1, 0.15) is 0 Å². The number of carbonyl (C=O) groups excluding carboxylic acids is 2. The number of hydrogen-bond acceptors (Lipinski definition) is 4. The van der Waals surface area contributed by atoms with E-state index in [1.165, 1.54) is 0 Å². The molecule has 1 aromatic carbocycles. The second-order valence-corrected chi connectivity index (χ2v) is 5.56. The van der Waals surface area contributed by atoms with Crippen molar-refractivity contribution in [2.24, 2.45) is 0 Å². The van der Waals surface area contributed by atoms with Crippen LogP contribution < -0.4 is 0 Å². The molecule has 0 aromatic heterocycles. The third-order valence-corrected chi connectivity index (χ3v) is 3.85. The minimum absolute atomic E-state index is 0.0162. The van der Waals surface area contributed by atoms with Gasteiger partial charge in [-0.15, -0.1) is 0 Å². The lowest BCUT2D eigenvalue weighted by Crippen LogP contribution is -2.49. The van der Waals surface area contributed by atoms with Crippen LogP contribution in [0.4, 0.5) is 0 Å². The molecule has 1 fully saturated rings. The van der Waals surface area contributed by atoms with Crippen molar-refractivity contribution >= 4 is 17.7 Å². The fourth-order valence-corrected chi connectivity index (χ4v) is 2.67. The van der Waals surface area contributed by atoms with Crippen LogP contribution in [0, 0.1) is 0 Å². The zero-order valence-corrected chi connectivity index (χ0v) is 12.9. The van der Waals surface area contributed by atoms with Crippen molar-refractivity contribution in [2.45, 2.75) is 31.7 Å². The fourth-order valence-electron chi connectivity index (χ4n) is 2.67. The molecule has 1 atom stereocenters. The molecule has 6 heteroatoms. The Morgan fingerprint density at radius 3 is 2.61 bits per heavy atom. The van der Waals surface area contributed by atoms with E-state index in [1.807, 2.05) is 18.2 Å². The summed E-state index contributed by atoms with van der Waals surface area (Å²) in [5.41, 5.74) is 0.648. The van der Waals surface area contributed by atoms with Crippen LogP contribution in [0.15, 0.2) is 30.3 Å². The van der Waals surface area contributed by atoms with E-state index in [0.29, 0.717) is 31.6 Å². The van der Waals surface area contributed by atoms with Crippen molar-refractivity contribution in [1.29, 1.82) is 0 Å². The lowest BCUT2D eigenvalue weighted by molar-refractivity contribution is -0.146. The van der Waals surface area contributed by atoms with E-state index in [4.69, 9.17) is 9.84 Å². The van der Waals surface area contributed by atoms with E-state index in [2.05, 4.69) is 0 Å². The van der Waals surface area contributed by atoms with Crippen molar-refractivity contribution in [3.63, 3.8) is 0 Å². The number of aliphatic carboxylic acids is 1. The monoisotopic (exact) mass is 319 g/mol. The Bertz CT molecular complexity index is 557. The molecule has 1 amide bonds. The topological polar surface area (TPSA) is 83.9 Å². The van der Waals surface area contributed by atoms with E-state index in [0.717, 1.165) is 0 Å². The summed E-state index contributed by atoms with van der Waals surface area (Å²) in [7, 11) is 0. The van der Waals surface area contributed by atoms with Gasteiger partial charge in [0.25, 0.3) is 0 Å². The smallest absolute Gasteiger partial charge is 0.305 e. The summed E-state index contributed by atoms with van der Waals surface area (Å²) in [5, 5.41) is 8.90. The number of carbonyl (C=O) groups is 3. The highest BCUT2D eigenvalue weighted by atomic mass is 16.5. The first-order valence-electron chi connectivity index (χ1n) is 7.75. The number of hydrogen-bond donors (Lipinski definition) is 1. The van der Waals surface area contributed by atoms with Crippen molar-refractivity contribution in [2.75, 3.05) is 19.8 Å². The second kappa shape index (κ2) is 8.43. The van der Waals surface area contributed by atoms with E-state index < -0.39 is 12.0 Å². The van der Waals surface area contributed by atoms with Gasteiger partial charge in [-0.05, 0) is 6.42 Å². The van der Waals surface area contributed by atoms with Gasteiger partial charge in [-0.3, -0.25) is 14.4 Å². The Morgan fingerprint density at radius 1 is 1.17 bits per heavy atom. The minimum atomic E-state index is -0.947. The Hall–Kier alpha value is -2.21. The number of ether oxygens (including phenoxy) is 1. The van der Waals surface area contributed by atoms with Gasteiger partial charge < -0.3 is 14.7 Å². The maximum absolute atomic E-state index is 12.3. The van der Waals surface area contributed by atoms with Crippen LogP contribution >= 0.6 is 0 Å². The van der Waals surface area contributed by atoms with Gasteiger partial charge in [0.2, 0.25) is 5.91 Å². The summed E-state index contributed by atoms with van der Waals surface area (Å²) < 4.78 is 5.25. The number of amides is 1. The van der Waals surface area contributed by atoms with Gasteiger partial charge in [-0.1, -0.05) is 30.3 Å². The van der Waals surface area contributed by atoms with Crippen molar-refractivity contribution in [3.8, 4) is 0 Å². The van der Waals surface area contributed by atoms with Crippen LogP contribution in [0.25, 0.3) is 0 Å². The zero-order chi connectivity index (χ0) is 16.7. The maximum Gasteiger partial charge on any atom is 0.305 e. The van der Waals surface area contributed by atoms with Gasteiger partial charge in [0.15, 0.2) is 5.78 Å². The predicted molar refractivity (Wildman–Crippen MR) is 83.2 cm³/mol. The molecule has 124 valence electrons. The molecule has 0 saturated carbocycles. The maximum atomic E-state index is 12.3. The molecular weight excluding hydrogens is 298 g/mol. The van der Waals surface area contributed by atoms with E-state index in [1.54, 1.807) is 17.0 Å². The average Bonchev–Trinajstić information content (AvgIpc) is 2.55. The fraction of sp³-hybridized carbons (Fsp3) is 0.471. The number of carboxylic acids is 1. The highest BCUT2D eigenvalue weighted by Crippen LogP contribution is 2.14. The van der Waals surface area contributed by atoms with Gasteiger partial charge in [0, 0.05) is 24.9 Å². The summed E-state index contributed by atoms with van der Waals surface area (Å²) in [6, 6.07) is 8.56. The standard InChI is InChI=1S/C17H21NO5/c19-15(13-5-2-1-3-6-13)7-4-8-16(20)18-9-10-23-12-14(18)11-17(21)22/h1-3,5-6,14H,4,7-12H2,(H,21,22). The molecule has 23 heavy (non-hydrogen) atoms. The third-order valence-electron chi connectivity index (χ3n) is 3.85. The van der Waals surface area contributed by atoms with Crippen LogP contribution in [0.2, 0.25) is 0 Å².